The Kier molecular flexibility index (Phi) is 14.6. The molecule has 1 heterocycles. The number of hydrogen-bond acceptors (Lipinski definition) is 12. The summed E-state index contributed by atoms with van der Waals surface area (Å²) < 4.78 is 0. The highest BCUT2D eigenvalue weighted by atomic mass is 16.1. The van der Waals surface area contributed by atoms with Gasteiger partial charge in [0.25, 0.3) is 0 Å². The van der Waals surface area contributed by atoms with E-state index in [-0.39, 0.29) is 0 Å². The van der Waals surface area contributed by atoms with Gasteiger partial charge in [0.2, 0.25) is 24.3 Å². The summed E-state index contributed by atoms with van der Waals surface area (Å²) in [4.78, 5) is 68.1. The van der Waals surface area contributed by atoms with E-state index in [9.17, 15) is 19.2 Å². The van der Waals surface area contributed by atoms with Crippen molar-refractivity contribution in [2.45, 2.75) is 26.2 Å². The summed E-state index contributed by atoms with van der Waals surface area (Å²) >= 11 is 0. The van der Waals surface area contributed by atoms with Crippen molar-refractivity contribution in [1.82, 2.24) is 19.6 Å². The third-order valence-electron chi connectivity index (χ3n) is 8.97. The maximum atomic E-state index is 11.0. The molecule has 1 saturated heterocycles. The minimum absolute atomic E-state index is 0.575. The van der Waals surface area contributed by atoms with Crippen LogP contribution in [-0.4, -0.2) is 96.3 Å². The number of nitrogens with zero attached hydrogens (tertiary/aromatic N) is 8. The first kappa shape index (κ1) is 37.5. The first-order chi connectivity index (χ1) is 25.5. The normalized spacial score (nSPS) is 15.1. The van der Waals surface area contributed by atoms with Gasteiger partial charge in [0.15, 0.2) is 0 Å². The van der Waals surface area contributed by atoms with Gasteiger partial charge in [-0.3, -0.25) is 19.6 Å². The summed E-state index contributed by atoms with van der Waals surface area (Å²) in [6.07, 6.45) is 6.45. The third-order valence-corrected chi connectivity index (χ3v) is 8.97. The Morgan fingerprint density at radius 2 is 0.654 bits per heavy atom. The Balaban J connectivity index is 1.39. The van der Waals surface area contributed by atoms with Crippen LogP contribution in [-0.2, 0) is 45.4 Å². The molecule has 5 rings (SSSR count). The van der Waals surface area contributed by atoms with Crippen molar-refractivity contribution in [3.05, 3.63) is 119 Å². The number of rotatable bonds is 12. The Labute approximate surface area is 303 Å². The number of carbonyl (C=O) groups excluding carboxylic acids is 4. The molecule has 0 aromatic heterocycles. The zero-order chi connectivity index (χ0) is 36.4. The van der Waals surface area contributed by atoms with Crippen LogP contribution in [0.25, 0.3) is 0 Å². The van der Waals surface area contributed by atoms with Gasteiger partial charge in [-0.05, 0) is 70.8 Å². The van der Waals surface area contributed by atoms with Crippen LogP contribution in [0, 0.1) is 0 Å². The van der Waals surface area contributed by atoms with Crippen molar-refractivity contribution in [2.75, 3.05) is 52.4 Å². The quantitative estimate of drug-likeness (QED) is 0.133. The molecule has 0 spiro atoms. The van der Waals surface area contributed by atoms with Crippen molar-refractivity contribution < 1.29 is 19.2 Å². The summed E-state index contributed by atoms with van der Waals surface area (Å²) in [6, 6.07) is 30.7. The monoisotopic (exact) mass is 696 g/mol. The largest absolute Gasteiger partial charge is 0.297 e. The number of aliphatic imine (C=N–C) groups is 4. The molecule has 0 aliphatic carbocycles. The van der Waals surface area contributed by atoms with Gasteiger partial charge in [0, 0.05) is 78.5 Å². The minimum Gasteiger partial charge on any atom is -0.297 e. The van der Waals surface area contributed by atoms with Gasteiger partial charge >= 0.3 is 0 Å². The first-order valence-corrected chi connectivity index (χ1v) is 17.1. The highest BCUT2D eigenvalue weighted by Crippen LogP contribution is 2.19. The Hall–Kier alpha value is -5.76. The van der Waals surface area contributed by atoms with Gasteiger partial charge in [-0.15, -0.1) is 0 Å². The van der Waals surface area contributed by atoms with Gasteiger partial charge in [-0.2, -0.15) is 20.0 Å². The Bertz CT molecular complexity index is 1860. The molecule has 52 heavy (non-hydrogen) atoms. The summed E-state index contributed by atoms with van der Waals surface area (Å²) in [7, 11) is 0. The van der Waals surface area contributed by atoms with Crippen molar-refractivity contribution in [2.24, 2.45) is 20.0 Å². The molecular weight excluding hydrogens is 656 g/mol. The van der Waals surface area contributed by atoms with E-state index < -0.39 is 0 Å². The predicted molar refractivity (Wildman–Crippen MR) is 198 cm³/mol. The lowest BCUT2D eigenvalue weighted by Gasteiger charge is -2.34. The van der Waals surface area contributed by atoms with E-state index in [0.717, 1.165) is 94.2 Å². The SMILES string of the molecule is O=C=Nc1ccc(CN2CCN(Cc3ccc(N=C=O)cc3)CCN(Cc3cccc(N=C=O)c3)CCN(Cc3ccc(N=C=O)cc3)CC2)cc1. The summed E-state index contributed by atoms with van der Waals surface area (Å²) in [5.41, 5.74) is 6.74. The van der Waals surface area contributed by atoms with E-state index in [4.69, 9.17) is 0 Å². The second kappa shape index (κ2) is 20.2. The number of hydrogen-bond donors (Lipinski definition) is 0. The highest BCUT2D eigenvalue weighted by Gasteiger charge is 2.18. The summed E-state index contributed by atoms with van der Waals surface area (Å²) in [5, 5.41) is 0. The van der Waals surface area contributed by atoms with Crippen LogP contribution in [0.4, 0.5) is 22.7 Å². The molecular formula is C40H40N8O4. The van der Waals surface area contributed by atoms with E-state index in [2.05, 4.69) is 45.6 Å². The molecule has 12 heteroatoms. The van der Waals surface area contributed by atoms with Crippen LogP contribution in [0.5, 0.6) is 0 Å². The lowest BCUT2D eigenvalue weighted by atomic mass is 10.1. The fourth-order valence-electron chi connectivity index (χ4n) is 6.21. The molecule has 0 saturated carbocycles. The molecule has 0 radical (unpaired) electrons. The third kappa shape index (κ3) is 12.2. The summed E-state index contributed by atoms with van der Waals surface area (Å²) in [6.45, 7) is 9.38. The average Bonchev–Trinajstić information content (AvgIpc) is 3.15. The Morgan fingerprint density at radius 1 is 0.365 bits per heavy atom. The summed E-state index contributed by atoms with van der Waals surface area (Å²) in [5.74, 6) is 0. The second-order valence-corrected chi connectivity index (χ2v) is 12.6. The van der Waals surface area contributed by atoms with Crippen LogP contribution >= 0.6 is 0 Å². The molecule has 0 amide bonds. The molecule has 1 aliphatic heterocycles. The Morgan fingerprint density at radius 3 is 0.962 bits per heavy atom. The van der Waals surface area contributed by atoms with Crippen molar-refractivity contribution in [3.63, 3.8) is 0 Å². The van der Waals surface area contributed by atoms with Crippen LogP contribution in [0.15, 0.2) is 117 Å². The highest BCUT2D eigenvalue weighted by molar-refractivity contribution is 5.51. The minimum atomic E-state index is 0.575. The number of benzene rings is 4. The number of isocyanates is 4. The maximum absolute atomic E-state index is 11.0. The molecule has 264 valence electrons. The van der Waals surface area contributed by atoms with Crippen LogP contribution < -0.4 is 0 Å². The fourth-order valence-corrected chi connectivity index (χ4v) is 6.21. The predicted octanol–water partition coefficient (Wildman–Crippen LogP) is 5.88. The van der Waals surface area contributed by atoms with Crippen LogP contribution in [0.1, 0.15) is 22.3 Å². The van der Waals surface area contributed by atoms with Crippen LogP contribution in [0.3, 0.4) is 0 Å². The van der Waals surface area contributed by atoms with Gasteiger partial charge in [0.1, 0.15) is 0 Å². The van der Waals surface area contributed by atoms with E-state index in [1.165, 1.54) is 0 Å². The molecule has 1 fully saturated rings. The average molecular weight is 697 g/mol. The van der Waals surface area contributed by atoms with Crippen molar-refractivity contribution in [1.29, 1.82) is 0 Å². The van der Waals surface area contributed by atoms with E-state index in [1.807, 2.05) is 84.9 Å². The molecule has 4 aromatic carbocycles. The molecule has 1 aliphatic rings. The maximum Gasteiger partial charge on any atom is 0.240 e. The van der Waals surface area contributed by atoms with Gasteiger partial charge in [0.05, 0.1) is 22.7 Å². The van der Waals surface area contributed by atoms with E-state index in [0.29, 0.717) is 29.3 Å². The van der Waals surface area contributed by atoms with E-state index >= 15 is 0 Å². The zero-order valence-electron chi connectivity index (χ0n) is 28.9. The molecule has 0 bridgehead atoms. The smallest absolute Gasteiger partial charge is 0.240 e. The van der Waals surface area contributed by atoms with Crippen molar-refractivity contribution >= 4 is 47.1 Å². The lowest BCUT2D eigenvalue weighted by molar-refractivity contribution is 0.122. The topological polar surface area (TPSA) is 131 Å². The fraction of sp³-hybridized carbons (Fsp3) is 0.300. The van der Waals surface area contributed by atoms with Gasteiger partial charge in [-0.25, -0.2) is 19.2 Å². The lowest BCUT2D eigenvalue weighted by Crippen LogP contribution is -2.45. The van der Waals surface area contributed by atoms with Gasteiger partial charge < -0.3 is 0 Å². The van der Waals surface area contributed by atoms with Gasteiger partial charge in [-0.1, -0.05) is 48.5 Å². The second-order valence-electron chi connectivity index (χ2n) is 12.6. The molecule has 0 atom stereocenters. The van der Waals surface area contributed by atoms with Crippen molar-refractivity contribution in [3.8, 4) is 0 Å². The molecule has 0 unspecified atom stereocenters. The van der Waals surface area contributed by atoms with Crippen LogP contribution in [0.2, 0.25) is 0 Å². The zero-order valence-corrected chi connectivity index (χ0v) is 28.9. The molecule has 12 nitrogen and oxygen atoms in total. The molecule has 4 aromatic rings. The first-order valence-electron chi connectivity index (χ1n) is 17.1. The van der Waals surface area contributed by atoms with E-state index in [1.54, 1.807) is 30.4 Å². The standard InChI is InChI=1S/C40H40N8O4/c49-29-41-37-10-4-33(5-11-37)25-45-16-18-46(26-34-6-12-38(13-7-34)42-30-50)20-22-48(28-36-2-1-3-40(24-36)44-32-52)23-21-47(19-17-45)27-35-8-14-39(15-9-35)43-31-51/h1-15,24H,16-23,25-28H2. The molecule has 0 N–H and O–H groups in total.